The van der Waals surface area contributed by atoms with Crippen molar-refractivity contribution in [3.05, 3.63) is 0 Å². The van der Waals surface area contributed by atoms with Gasteiger partial charge in [0, 0.05) is 7.11 Å². The minimum Gasteiger partial charge on any atom is -0.479 e. The van der Waals surface area contributed by atoms with E-state index in [2.05, 4.69) is 12.6 Å². The zero-order chi connectivity index (χ0) is 12.3. The van der Waals surface area contributed by atoms with Crippen LogP contribution in [0.4, 0.5) is 0 Å². The molecule has 0 aliphatic carbocycles. The van der Waals surface area contributed by atoms with Gasteiger partial charge >= 0.3 is 5.97 Å². The highest BCUT2D eigenvalue weighted by atomic mass is 32.2. The second-order valence-electron chi connectivity index (χ2n) is 4.36. The third-order valence-corrected chi connectivity index (χ3v) is 5.85. The van der Waals surface area contributed by atoms with E-state index in [1.807, 2.05) is 0 Å². The minimum absolute atomic E-state index is 0.249. The number of thiol groups is 1. The molecule has 0 aromatic heterocycles. The average molecular weight is 263 g/mol. The second kappa shape index (κ2) is 3.30. The van der Waals surface area contributed by atoms with E-state index < -0.39 is 21.7 Å². The number of nitrogens with zero attached hydrogens (tertiary/aromatic N) is 1. The number of aliphatic carboxylic acids is 1. The molecule has 90 valence electrons. The Balaban J connectivity index is 2.41. The van der Waals surface area contributed by atoms with Crippen LogP contribution in [-0.4, -0.2) is 50.1 Å². The lowest BCUT2D eigenvalue weighted by Gasteiger charge is -2.46. The molecule has 0 bridgehead atoms. The average Bonchev–Trinajstić information content (AvgIpc) is 2.34. The van der Waals surface area contributed by atoms with Gasteiger partial charge in [0.1, 0.15) is 5.37 Å². The maximum Gasteiger partial charge on any atom is 0.341 e. The molecule has 0 radical (unpaired) electrons. The molecule has 2 saturated heterocycles. The van der Waals surface area contributed by atoms with Crippen LogP contribution >= 0.6 is 24.4 Å². The standard InChI is InChI=1S/C9H13NO4S2/c1-8(2)9(15,7(12)13)10-5(11)4(14-3)6(10)16-8/h4,6,15H,1-3H3,(H,12,13)/t4-,6-,9-/m1/s1. The molecule has 1 N–H and O–H groups in total. The largest absolute Gasteiger partial charge is 0.479 e. The van der Waals surface area contributed by atoms with E-state index in [-0.39, 0.29) is 11.3 Å². The summed E-state index contributed by atoms with van der Waals surface area (Å²) in [5.74, 6) is -1.40. The normalized spacial score (nSPS) is 40.5. The molecule has 7 heteroatoms. The Morgan fingerprint density at radius 3 is 2.62 bits per heavy atom. The Hall–Kier alpha value is -0.400. The Morgan fingerprint density at radius 2 is 2.19 bits per heavy atom. The molecular weight excluding hydrogens is 250 g/mol. The van der Waals surface area contributed by atoms with Crippen molar-refractivity contribution in [2.75, 3.05) is 7.11 Å². The number of hydrogen-bond donors (Lipinski definition) is 2. The van der Waals surface area contributed by atoms with E-state index in [1.54, 1.807) is 13.8 Å². The van der Waals surface area contributed by atoms with Crippen molar-refractivity contribution in [1.29, 1.82) is 0 Å². The molecule has 2 rings (SSSR count). The van der Waals surface area contributed by atoms with Crippen LogP contribution in [0.15, 0.2) is 0 Å². The summed E-state index contributed by atoms with van der Waals surface area (Å²) in [6.07, 6.45) is -0.544. The van der Waals surface area contributed by atoms with Crippen LogP contribution in [0.3, 0.4) is 0 Å². The van der Waals surface area contributed by atoms with Gasteiger partial charge in [-0.05, 0) is 13.8 Å². The van der Waals surface area contributed by atoms with Gasteiger partial charge in [-0.15, -0.1) is 24.4 Å². The van der Waals surface area contributed by atoms with Gasteiger partial charge in [-0.3, -0.25) is 9.69 Å². The Bertz CT molecular complexity index is 373. The molecule has 0 unspecified atom stereocenters. The van der Waals surface area contributed by atoms with Crippen LogP contribution in [0.2, 0.25) is 0 Å². The van der Waals surface area contributed by atoms with Gasteiger partial charge in [-0.2, -0.15) is 0 Å². The van der Waals surface area contributed by atoms with E-state index in [0.717, 1.165) is 0 Å². The molecule has 2 aliphatic heterocycles. The van der Waals surface area contributed by atoms with Crippen molar-refractivity contribution in [3.8, 4) is 0 Å². The monoisotopic (exact) mass is 263 g/mol. The van der Waals surface area contributed by atoms with Crippen molar-refractivity contribution in [1.82, 2.24) is 4.90 Å². The minimum atomic E-state index is -1.46. The highest BCUT2D eigenvalue weighted by Crippen LogP contribution is 2.58. The van der Waals surface area contributed by atoms with Crippen LogP contribution in [0, 0.1) is 0 Å². The fraction of sp³-hybridized carbons (Fsp3) is 0.778. The maximum atomic E-state index is 11.8. The Kier molecular flexibility index (Phi) is 2.49. The summed E-state index contributed by atoms with van der Waals surface area (Å²) < 4.78 is 4.38. The molecule has 5 nitrogen and oxygen atoms in total. The fourth-order valence-corrected chi connectivity index (χ4v) is 4.28. The maximum absolute atomic E-state index is 11.8. The van der Waals surface area contributed by atoms with E-state index in [0.29, 0.717) is 0 Å². The van der Waals surface area contributed by atoms with Crippen molar-refractivity contribution in [2.24, 2.45) is 0 Å². The SMILES string of the molecule is CO[C@@H]1C(=O)N2[C@@H]1SC(C)(C)[C@]2(S)C(=O)O. The number of carbonyl (C=O) groups excluding carboxylic acids is 1. The summed E-state index contributed by atoms with van der Waals surface area (Å²) in [5.41, 5.74) is 0. The quantitative estimate of drug-likeness (QED) is 0.558. The predicted molar refractivity (Wildman–Crippen MR) is 62.5 cm³/mol. The van der Waals surface area contributed by atoms with E-state index in [4.69, 9.17) is 4.74 Å². The van der Waals surface area contributed by atoms with Crippen LogP contribution in [0.25, 0.3) is 0 Å². The Labute approximate surface area is 103 Å². The van der Waals surface area contributed by atoms with Crippen molar-refractivity contribution in [2.45, 2.75) is 34.9 Å². The van der Waals surface area contributed by atoms with Gasteiger partial charge in [0.15, 0.2) is 11.0 Å². The predicted octanol–water partition coefficient (Wildman–Crippen LogP) is 0.406. The molecule has 16 heavy (non-hydrogen) atoms. The molecule has 0 aromatic carbocycles. The summed E-state index contributed by atoms with van der Waals surface area (Å²) in [7, 11) is 1.45. The zero-order valence-corrected chi connectivity index (χ0v) is 10.8. The van der Waals surface area contributed by atoms with E-state index >= 15 is 0 Å². The summed E-state index contributed by atoms with van der Waals surface area (Å²) >= 11 is 5.64. The van der Waals surface area contributed by atoms with Crippen LogP contribution < -0.4 is 0 Å². The summed E-state index contributed by atoms with van der Waals surface area (Å²) in [6, 6.07) is 0. The lowest BCUT2D eigenvalue weighted by Crippen LogP contribution is -2.70. The molecule has 0 aromatic rings. The number of carbonyl (C=O) groups is 2. The lowest BCUT2D eigenvalue weighted by atomic mass is 9.96. The smallest absolute Gasteiger partial charge is 0.341 e. The zero-order valence-electron chi connectivity index (χ0n) is 9.13. The van der Waals surface area contributed by atoms with Gasteiger partial charge in [-0.1, -0.05) is 0 Å². The topological polar surface area (TPSA) is 66.8 Å². The third kappa shape index (κ3) is 1.14. The van der Waals surface area contributed by atoms with Crippen LogP contribution in [0.5, 0.6) is 0 Å². The molecule has 2 fully saturated rings. The summed E-state index contributed by atoms with van der Waals surface area (Å²) in [6.45, 7) is 3.55. The molecular formula is C9H13NO4S2. The van der Waals surface area contributed by atoms with Gasteiger partial charge in [0.25, 0.3) is 5.91 Å². The van der Waals surface area contributed by atoms with Gasteiger partial charge in [-0.25, -0.2) is 4.79 Å². The van der Waals surface area contributed by atoms with Crippen molar-refractivity contribution in [3.63, 3.8) is 0 Å². The van der Waals surface area contributed by atoms with E-state index in [9.17, 15) is 14.7 Å². The number of methoxy groups -OCH3 is 1. The highest BCUT2D eigenvalue weighted by molar-refractivity contribution is 8.03. The first kappa shape index (κ1) is 12.1. The van der Waals surface area contributed by atoms with Gasteiger partial charge in [0.2, 0.25) is 0 Å². The van der Waals surface area contributed by atoms with Crippen LogP contribution in [0.1, 0.15) is 13.8 Å². The molecule has 2 heterocycles. The first-order valence-electron chi connectivity index (χ1n) is 4.77. The number of rotatable bonds is 2. The number of hydrogen-bond acceptors (Lipinski definition) is 5. The molecule has 0 spiro atoms. The fourth-order valence-electron chi connectivity index (χ4n) is 2.15. The van der Waals surface area contributed by atoms with Gasteiger partial charge < -0.3 is 9.84 Å². The number of fused-ring (bicyclic) bond motifs is 1. The molecule has 0 saturated carbocycles. The lowest BCUT2D eigenvalue weighted by molar-refractivity contribution is -0.175. The summed E-state index contributed by atoms with van der Waals surface area (Å²) in [5, 5.41) is 9.03. The number of carboxylic acids is 1. The molecule has 3 atom stereocenters. The first-order valence-corrected chi connectivity index (χ1v) is 6.09. The van der Waals surface area contributed by atoms with Crippen molar-refractivity contribution >= 4 is 36.3 Å². The first-order chi connectivity index (χ1) is 7.27. The third-order valence-electron chi connectivity index (χ3n) is 3.15. The molecule has 1 amide bonds. The number of β-lactam (4-membered cyclic amide) rings is 1. The number of ether oxygens (including phenoxy) is 1. The highest BCUT2D eigenvalue weighted by Gasteiger charge is 2.71. The second-order valence-corrected chi connectivity index (χ2v) is 6.75. The van der Waals surface area contributed by atoms with Crippen molar-refractivity contribution < 1.29 is 19.4 Å². The molecule has 2 aliphatic rings. The van der Waals surface area contributed by atoms with Crippen LogP contribution in [-0.2, 0) is 14.3 Å². The Morgan fingerprint density at radius 1 is 1.62 bits per heavy atom. The number of thioether (sulfide) groups is 1. The number of carboxylic acid groups (broad SMARTS) is 1. The van der Waals surface area contributed by atoms with Gasteiger partial charge in [0.05, 0.1) is 4.75 Å². The number of amides is 1. The summed E-state index contributed by atoms with van der Waals surface area (Å²) in [4.78, 5) is 22.9. The van der Waals surface area contributed by atoms with E-state index in [1.165, 1.54) is 23.8 Å².